The van der Waals surface area contributed by atoms with Crippen molar-refractivity contribution in [1.29, 1.82) is 0 Å². The summed E-state index contributed by atoms with van der Waals surface area (Å²) in [6, 6.07) is 4.08. The van der Waals surface area contributed by atoms with Crippen LogP contribution in [0, 0.1) is 0 Å². The molecular weight excluding hydrogens is 812 g/mol. The number of hydrogen-bond acceptors (Lipinski definition) is 19. The number of carboxylic acid groups (broad SMARTS) is 6. The number of anilines is 4. The van der Waals surface area contributed by atoms with Crippen LogP contribution < -0.4 is 112 Å². The molecule has 0 saturated carbocycles. The first kappa shape index (κ1) is 55.5. The molecule has 0 fully saturated rings. The van der Waals surface area contributed by atoms with Gasteiger partial charge < -0.3 is 81.4 Å². The Bertz CT molecular complexity index is 1700. The molecule has 0 spiro atoms. The first-order valence-corrected chi connectivity index (χ1v) is 15.6. The van der Waals surface area contributed by atoms with Crippen molar-refractivity contribution in [3.05, 3.63) is 40.2 Å². The van der Waals surface area contributed by atoms with Crippen molar-refractivity contribution in [1.82, 2.24) is 25.1 Å². The molecule has 0 radical (unpaired) electrons. The van der Waals surface area contributed by atoms with Crippen LogP contribution in [0.4, 0.5) is 23.1 Å². The number of H-pyrrole nitrogens is 1. The van der Waals surface area contributed by atoms with E-state index in [4.69, 9.17) is 15.9 Å². The minimum atomic E-state index is -1.60. The number of nitrogens with two attached hydrogens (primary N) is 1. The van der Waals surface area contributed by atoms with Crippen LogP contribution in [0.15, 0.2) is 29.1 Å². The van der Waals surface area contributed by atoms with Crippen LogP contribution in [0.5, 0.6) is 0 Å². The summed E-state index contributed by atoms with van der Waals surface area (Å²) in [5.74, 6) is -9.06. The number of nitrogens with zero attached hydrogens (tertiary/aromatic N) is 4. The predicted molar refractivity (Wildman–Crippen MR) is 179 cm³/mol. The first-order valence-electron chi connectivity index (χ1n) is 15.6. The number of aliphatic carboxylic acids is 6. The van der Waals surface area contributed by atoms with Crippen molar-refractivity contribution < 1.29 is 128 Å². The van der Waals surface area contributed by atoms with E-state index in [-0.39, 0.29) is 140 Å². The van der Waals surface area contributed by atoms with Gasteiger partial charge >= 0.3 is 114 Å². The van der Waals surface area contributed by atoms with Crippen LogP contribution in [0.2, 0.25) is 0 Å². The number of benzene rings is 1. The zero-order valence-corrected chi connectivity index (χ0v) is 37.1. The zero-order valence-electron chi connectivity index (χ0n) is 30.9. The molecule has 0 aliphatic carbocycles. The average Bonchev–Trinajstić information content (AvgIpc) is 3.06. The largest absolute Gasteiger partial charge is 2.00 e. The number of nitrogens with one attached hydrogen (secondary N) is 4. The second kappa shape index (κ2) is 28.0. The first-order chi connectivity index (χ1) is 25.4. The van der Waals surface area contributed by atoms with E-state index < -0.39 is 92.0 Å². The fourth-order valence-corrected chi connectivity index (χ4v) is 4.85. The van der Waals surface area contributed by atoms with E-state index >= 15 is 0 Å². The number of carbonyl (C=O) groups is 8. The van der Waals surface area contributed by atoms with Crippen molar-refractivity contribution in [2.45, 2.75) is 24.9 Å². The second-order valence-corrected chi connectivity index (χ2v) is 11.4. The Balaban J connectivity index is 0. The topological polar surface area (TPSA) is 387 Å². The van der Waals surface area contributed by atoms with Crippen molar-refractivity contribution in [3.8, 4) is 0 Å². The molecule has 1 unspecified atom stereocenters. The summed E-state index contributed by atoms with van der Waals surface area (Å²) in [7, 11) is 0. The summed E-state index contributed by atoms with van der Waals surface area (Å²) in [5, 5.41) is 68.0. The van der Waals surface area contributed by atoms with Gasteiger partial charge in [-0.2, -0.15) is 4.98 Å². The number of amides is 2. The molecule has 3 rings (SSSR count). The summed E-state index contributed by atoms with van der Waals surface area (Å²) in [5.41, 5.74) is 5.66. The van der Waals surface area contributed by atoms with Gasteiger partial charge in [-0.05, 0) is 37.1 Å². The van der Waals surface area contributed by atoms with Crippen LogP contribution in [-0.2, 0) is 33.6 Å². The molecule has 27 heteroatoms. The number of carboxylic acids is 6. The SMILES string of the molecule is Nc1nc(=O)c2c([nH]1)NCC(CNc1ccc(C(=O)N[C@@H](CCC(=O)[O-])C(=O)[O-])cc1)N2C=O.O=C([O-])CN(CCN(CC(=O)[O-])CC(=O)O)CC(=O)O.[Ca+2].[Na+].[Na+]. The van der Waals surface area contributed by atoms with Crippen LogP contribution in [0.1, 0.15) is 23.2 Å². The fourth-order valence-electron chi connectivity index (χ4n) is 4.85. The Morgan fingerprint density at radius 2 is 1.44 bits per heavy atom. The molecule has 294 valence electrons. The van der Waals surface area contributed by atoms with Gasteiger partial charge in [-0.15, -0.1) is 0 Å². The number of carbonyl (C=O) groups excluding carboxylic acids is 6. The smallest absolute Gasteiger partial charge is 0.550 e. The quantitative estimate of drug-likeness (QED) is 0.0453. The number of nitrogen functional groups attached to an aromatic ring is 1. The maximum Gasteiger partial charge on any atom is 2.00 e. The number of fused-ring (bicyclic) bond motifs is 1. The van der Waals surface area contributed by atoms with E-state index in [9.17, 15) is 63.6 Å². The number of aromatic nitrogens is 2. The molecule has 0 bridgehead atoms. The third-order valence-electron chi connectivity index (χ3n) is 7.27. The molecular formula is C30H35CaN9Na2O15. The molecule has 2 atom stereocenters. The van der Waals surface area contributed by atoms with E-state index in [1.165, 1.54) is 17.0 Å². The molecule has 2 amide bonds. The van der Waals surface area contributed by atoms with Crippen LogP contribution in [-0.4, -0.2) is 180 Å². The van der Waals surface area contributed by atoms with E-state index in [2.05, 4.69) is 25.9 Å². The molecule has 57 heavy (non-hydrogen) atoms. The van der Waals surface area contributed by atoms with E-state index in [0.29, 0.717) is 24.5 Å². The molecule has 24 nitrogen and oxygen atoms in total. The Labute approximate surface area is 397 Å². The summed E-state index contributed by atoms with van der Waals surface area (Å²) in [4.78, 5) is 109. The standard InChI is InChI=1S/C20H23N7O7.C10H16N2O8.Ca.2Na/c21-20-25-16-15(18(32)26-20)27(9-28)12(8-23-16)7-22-11-3-1-10(2-4-11)17(31)24-13(19(33)34)5-6-14(29)30;13-7(14)3-11(4-8(15)16)1-2-12(5-9(17)18)6-10(19)20;;;/h1-4,9,12-13,22H,5-8H2,(H,24,31)(H,29,30)(H,33,34)(H4,21,23,25,26,32);1-6H2,(H,13,14)(H,15,16)(H,17,18)(H,19,20);;;/q;;+2;2*+1/p-4/t12?,13-;;;;/m0..../s1. The number of rotatable bonds is 21. The van der Waals surface area contributed by atoms with Crippen LogP contribution in [0.25, 0.3) is 0 Å². The summed E-state index contributed by atoms with van der Waals surface area (Å²) in [6.07, 6.45) is -0.386. The van der Waals surface area contributed by atoms with Gasteiger partial charge in [0.1, 0.15) is 5.82 Å². The number of hydrogen-bond donors (Lipinski definition) is 7. The van der Waals surface area contributed by atoms with E-state index in [1.54, 1.807) is 12.1 Å². The zero-order chi connectivity index (χ0) is 40.5. The molecule has 1 aromatic heterocycles. The van der Waals surface area contributed by atoms with Crippen LogP contribution in [0.3, 0.4) is 0 Å². The van der Waals surface area contributed by atoms with Gasteiger partial charge in [0.15, 0.2) is 5.69 Å². The van der Waals surface area contributed by atoms with E-state index in [1.807, 2.05) is 0 Å². The third kappa shape index (κ3) is 20.6. The van der Waals surface area contributed by atoms with Crippen molar-refractivity contribution >= 4 is 109 Å². The van der Waals surface area contributed by atoms with Crippen LogP contribution >= 0.6 is 0 Å². The normalized spacial score (nSPS) is 12.9. The molecule has 1 aromatic carbocycles. The average molecular weight is 848 g/mol. The minimum absolute atomic E-state index is 0. The van der Waals surface area contributed by atoms with Crippen molar-refractivity contribution in [3.63, 3.8) is 0 Å². The van der Waals surface area contributed by atoms with Crippen molar-refractivity contribution in [2.24, 2.45) is 0 Å². The molecule has 8 N–H and O–H groups in total. The number of aromatic amines is 1. The maximum atomic E-state index is 12.3. The Kier molecular flexibility index (Phi) is 27.2. The predicted octanol–water partition coefficient (Wildman–Crippen LogP) is -14.5. The van der Waals surface area contributed by atoms with Gasteiger partial charge in [0.05, 0.1) is 43.1 Å². The molecule has 2 heterocycles. The fraction of sp³-hybridized carbons (Fsp3) is 0.400. The maximum absolute atomic E-state index is 12.3. The molecule has 2 aromatic rings. The summed E-state index contributed by atoms with van der Waals surface area (Å²) < 4.78 is 0. The summed E-state index contributed by atoms with van der Waals surface area (Å²) >= 11 is 0. The molecule has 1 aliphatic rings. The van der Waals surface area contributed by atoms with Gasteiger partial charge in [-0.1, -0.05) is 0 Å². The van der Waals surface area contributed by atoms with Gasteiger partial charge in [0.25, 0.3) is 5.91 Å². The monoisotopic (exact) mass is 847 g/mol. The Morgan fingerprint density at radius 1 is 0.912 bits per heavy atom. The second-order valence-electron chi connectivity index (χ2n) is 11.4. The molecule has 1 aliphatic heterocycles. The third-order valence-corrected chi connectivity index (χ3v) is 7.27. The van der Waals surface area contributed by atoms with E-state index in [0.717, 1.165) is 9.80 Å². The summed E-state index contributed by atoms with van der Waals surface area (Å²) in [6.45, 7) is -2.19. The van der Waals surface area contributed by atoms with Crippen molar-refractivity contribution in [2.75, 3.05) is 73.6 Å². The van der Waals surface area contributed by atoms with Gasteiger partial charge in [0.2, 0.25) is 12.4 Å². The van der Waals surface area contributed by atoms with Gasteiger partial charge in [-0.3, -0.25) is 33.8 Å². The van der Waals surface area contributed by atoms with Gasteiger partial charge in [0, 0.05) is 56.5 Å². The van der Waals surface area contributed by atoms with Gasteiger partial charge in [-0.25, -0.2) is 0 Å². The minimum Gasteiger partial charge on any atom is -0.550 e. The Morgan fingerprint density at radius 3 is 1.88 bits per heavy atom. The Hall–Kier alpha value is -3.56. The molecule has 0 saturated heterocycles.